The number of rotatable bonds is 11. The van der Waals surface area contributed by atoms with E-state index in [1.165, 1.54) is 44.9 Å². The number of nitrogens with zero attached hydrogens (tertiary/aromatic N) is 1. The van der Waals surface area contributed by atoms with Crippen LogP contribution in [0.1, 0.15) is 64.7 Å². The highest BCUT2D eigenvalue weighted by Gasteiger charge is 2.36. The highest BCUT2D eigenvalue weighted by atomic mass is 127. The summed E-state index contributed by atoms with van der Waals surface area (Å²) in [7, 11) is 1.79. The molecule has 2 aliphatic rings. The summed E-state index contributed by atoms with van der Waals surface area (Å²) in [6.07, 6.45) is 11.8. The van der Waals surface area contributed by atoms with Gasteiger partial charge < -0.3 is 20.1 Å². The van der Waals surface area contributed by atoms with Crippen molar-refractivity contribution >= 4 is 29.9 Å². The average molecular weight is 467 g/mol. The Morgan fingerprint density at radius 1 is 1.12 bits per heavy atom. The van der Waals surface area contributed by atoms with Crippen LogP contribution in [0, 0.1) is 5.41 Å². The fraction of sp³-hybridized carbons (Fsp3) is 0.947. The zero-order valence-corrected chi connectivity index (χ0v) is 18.5. The molecule has 0 heterocycles. The largest absolute Gasteiger partial charge is 0.385 e. The van der Waals surface area contributed by atoms with Crippen molar-refractivity contribution in [3.63, 3.8) is 0 Å². The summed E-state index contributed by atoms with van der Waals surface area (Å²) in [6, 6.07) is 0. The zero-order valence-electron chi connectivity index (χ0n) is 16.1. The van der Waals surface area contributed by atoms with Crippen molar-refractivity contribution < 1.29 is 9.47 Å². The van der Waals surface area contributed by atoms with Crippen molar-refractivity contribution in [3.8, 4) is 0 Å². The molecule has 0 aromatic heterocycles. The Hall–Kier alpha value is -0.0800. The lowest BCUT2D eigenvalue weighted by atomic mass is 9.67. The standard InChI is InChI=1S/C19H37N3O2.HI/c1-3-20-18(21-13-7-14-24-17-8-4-5-9-17)22-16-19(10-6-11-19)12-15-23-2;/h17H,3-16H2,1-2H3,(H2,20,21,22);1H. The second kappa shape index (κ2) is 13.1. The van der Waals surface area contributed by atoms with E-state index in [9.17, 15) is 0 Å². The normalized spacial score (nSPS) is 20.0. The highest BCUT2D eigenvalue weighted by Crippen LogP contribution is 2.44. The van der Waals surface area contributed by atoms with Gasteiger partial charge in [-0.05, 0) is 50.9 Å². The summed E-state index contributed by atoms with van der Waals surface area (Å²) in [5.41, 5.74) is 0.379. The third-order valence-corrected chi connectivity index (χ3v) is 5.44. The van der Waals surface area contributed by atoms with Crippen LogP contribution in [-0.4, -0.2) is 52.0 Å². The number of methoxy groups -OCH3 is 1. The summed E-state index contributed by atoms with van der Waals surface area (Å²) in [4.78, 5) is 4.83. The lowest BCUT2D eigenvalue weighted by Gasteiger charge is -2.40. The molecular formula is C19H38IN3O2. The lowest BCUT2D eigenvalue weighted by Crippen LogP contribution is -2.40. The maximum atomic E-state index is 5.92. The van der Waals surface area contributed by atoms with E-state index in [0.717, 1.165) is 51.6 Å². The number of nitrogens with one attached hydrogen (secondary N) is 2. The van der Waals surface area contributed by atoms with Crippen LogP contribution in [0.4, 0.5) is 0 Å². The molecule has 0 aromatic rings. The molecule has 6 heteroatoms. The molecule has 2 saturated carbocycles. The van der Waals surface area contributed by atoms with Gasteiger partial charge in [0.25, 0.3) is 0 Å². The second-order valence-electron chi connectivity index (χ2n) is 7.35. The molecule has 2 aliphatic carbocycles. The summed E-state index contributed by atoms with van der Waals surface area (Å²) >= 11 is 0. The van der Waals surface area contributed by atoms with Crippen molar-refractivity contribution in [2.75, 3.05) is 40.0 Å². The molecule has 2 fully saturated rings. The van der Waals surface area contributed by atoms with E-state index in [-0.39, 0.29) is 24.0 Å². The molecule has 2 N–H and O–H groups in total. The Morgan fingerprint density at radius 2 is 1.88 bits per heavy atom. The second-order valence-corrected chi connectivity index (χ2v) is 7.35. The molecule has 0 aliphatic heterocycles. The van der Waals surface area contributed by atoms with E-state index >= 15 is 0 Å². The molecule has 2 rings (SSSR count). The van der Waals surface area contributed by atoms with Gasteiger partial charge in [-0.2, -0.15) is 0 Å². The van der Waals surface area contributed by atoms with Gasteiger partial charge in [0.05, 0.1) is 6.10 Å². The Labute approximate surface area is 171 Å². The average Bonchev–Trinajstić information content (AvgIpc) is 3.06. The van der Waals surface area contributed by atoms with Crippen LogP contribution >= 0.6 is 24.0 Å². The summed E-state index contributed by atoms with van der Waals surface area (Å²) in [6.45, 7) is 6.54. The molecule has 0 aromatic carbocycles. The Morgan fingerprint density at radius 3 is 2.48 bits per heavy atom. The van der Waals surface area contributed by atoms with Crippen LogP contribution in [0.25, 0.3) is 0 Å². The number of halogens is 1. The van der Waals surface area contributed by atoms with Crippen molar-refractivity contribution in [1.82, 2.24) is 10.6 Å². The van der Waals surface area contributed by atoms with E-state index in [4.69, 9.17) is 14.5 Å². The first-order chi connectivity index (χ1) is 11.8. The predicted octanol–water partition coefficient (Wildman–Crippen LogP) is 3.72. The molecule has 0 unspecified atom stereocenters. The van der Waals surface area contributed by atoms with E-state index in [1.807, 2.05) is 0 Å². The van der Waals surface area contributed by atoms with Crippen LogP contribution in [0.2, 0.25) is 0 Å². The molecule has 0 spiro atoms. The van der Waals surface area contributed by atoms with Gasteiger partial charge in [0, 0.05) is 40.0 Å². The van der Waals surface area contributed by atoms with Gasteiger partial charge in [-0.1, -0.05) is 19.3 Å². The van der Waals surface area contributed by atoms with E-state index in [1.54, 1.807) is 7.11 Å². The first kappa shape index (κ1) is 23.0. The van der Waals surface area contributed by atoms with Gasteiger partial charge >= 0.3 is 0 Å². The summed E-state index contributed by atoms with van der Waals surface area (Å²) in [5.74, 6) is 0.946. The molecule has 0 bridgehead atoms. The molecule has 5 nitrogen and oxygen atoms in total. The topological polar surface area (TPSA) is 54.9 Å². The fourth-order valence-corrected chi connectivity index (χ4v) is 3.66. The fourth-order valence-electron chi connectivity index (χ4n) is 3.66. The monoisotopic (exact) mass is 467 g/mol. The molecule has 148 valence electrons. The first-order valence-electron chi connectivity index (χ1n) is 9.91. The maximum absolute atomic E-state index is 5.92. The van der Waals surface area contributed by atoms with E-state index in [0.29, 0.717) is 11.5 Å². The van der Waals surface area contributed by atoms with Crippen LogP contribution in [-0.2, 0) is 9.47 Å². The smallest absolute Gasteiger partial charge is 0.191 e. The molecule has 0 atom stereocenters. The van der Waals surface area contributed by atoms with Crippen molar-refractivity contribution in [2.24, 2.45) is 10.4 Å². The predicted molar refractivity (Wildman–Crippen MR) is 115 cm³/mol. The van der Waals surface area contributed by atoms with Crippen LogP contribution in [0.3, 0.4) is 0 Å². The molecular weight excluding hydrogens is 429 g/mol. The Balaban J connectivity index is 0.00000312. The summed E-state index contributed by atoms with van der Waals surface area (Å²) < 4.78 is 11.2. The van der Waals surface area contributed by atoms with Gasteiger partial charge in [-0.15, -0.1) is 24.0 Å². The van der Waals surface area contributed by atoms with Crippen molar-refractivity contribution in [1.29, 1.82) is 0 Å². The van der Waals surface area contributed by atoms with Gasteiger partial charge in [0.15, 0.2) is 5.96 Å². The molecule has 0 radical (unpaired) electrons. The molecule has 0 amide bonds. The quantitative estimate of drug-likeness (QED) is 0.211. The van der Waals surface area contributed by atoms with Gasteiger partial charge in [-0.3, -0.25) is 4.99 Å². The Bertz CT molecular complexity index is 370. The third kappa shape index (κ3) is 8.43. The third-order valence-electron chi connectivity index (χ3n) is 5.44. The number of guanidine groups is 1. The van der Waals surface area contributed by atoms with Crippen LogP contribution in [0.15, 0.2) is 4.99 Å². The van der Waals surface area contributed by atoms with Crippen molar-refractivity contribution in [2.45, 2.75) is 70.8 Å². The minimum Gasteiger partial charge on any atom is -0.385 e. The number of ether oxygens (including phenoxy) is 2. The molecule has 0 saturated heterocycles. The minimum atomic E-state index is 0. The van der Waals surface area contributed by atoms with Crippen LogP contribution < -0.4 is 10.6 Å². The number of hydrogen-bond acceptors (Lipinski definition) is 3. The molecule has 25 heavy (non-hydrogen) atoms. The zero-order chi connectivity index (χ0) is 17.1. The van der Waals surface area contributed by atoms with E-state index < -0.39 is 0 Å². The van der Waals surface area contributed by atoms with Crippen LogP contribution in [0.5, 0.6) is 0 Å². The van der Waals surface area contributed by atoms with Gasteiger partial charge in [0.1, 0.15) is 0 Å². The SMILES string of the molecule is CCNC(=NCC1(CCOC)CCC1)NCCCOC1CCCC1.I. The Kier molecular flexibility index (Phi) is 12.1. The van der Waals surface area contributed by atoms with E-state index in [2.05, 4.69) is 17.6 Å². The van der Waals surface area contributed by atoms with Gasteiger partial charge in [0.2, 0.25) is 0 Å². The van der Waals surface area contributed by atoms with Gasteiger partial charge in [-0.25, -0.2) is 0 Å². The minimum absolute atomic E-state index is 0. The lowest BCUT2D eigenvalue weighted by molar-refractivity contribution is 0.0573. The summed E-state index contributed by atoms with van der Waals surface area (Å²) in [5, 5.41) is 6.81. The maximum Gasteiger partial charge on any atom is 0.191 e. The van der Waals surface area contributed by atoms with Crippen molar-refractivity contribution in [3.05, 3.63) is 0 Å². The first-order valence-corrected chi connectivity index (χ1v) is 9.91. The number of aliphatic imine (C=N–C) groups is 1. The highest BCUT2D eigenvalue weighted by molar-refractivity contribution is 14.0. The number of hydrogen-bond donors (Lipinski definition) is 2.